The third kappa shape index (κ3) is 2.11. The van der Waals surface area contributed by atoms with Gasteiger partial charge in [-0.05, 0) is 19.1 Å². The Labute approximate surface area is 125 Å². The Hall–Kier alpha value is -1.77. The zero-order valence-corrected chi connectivity index (χ0v) is 12.1. The van der Waals surface area contributed by atoms with E-state index < -0.39 is 0 Å². The summed E-state index contributed by atoms with van der Waals surface area (Å²) >= 11 is 12.1. The Morgan fingerprint density at radius 1 is 1.05 bits per heavy atom. The first-order valence-electron chi connectivity index (χ1n) is 6.06. The summed E-state index contributed by atoms with van der Waals surface area (Å²) in [6.07, 6.45) is 0. The molecule has 0 fully saturated rings. The third-order valence-corrected chi connectivity index (χ3v) is 3.67. The number of hydrogen-bond donors (Lipinski definition) is 0. The van der Waals surface area contributed by atoms with Gasteiger partial charge < -0.3 is 4.42 Å². The largest absolute Gasteiger partial charge is 0.454 e. The zero-order chi connectivity index (χ0) is 14.3. The molecule has 1 heterocycles. The molecule has 0 bridgehead atoms. The number of fused-ring (bicyclic) bond motifs is 1. The van der Waals surface area contributed by atoms with Crippen LogP contribution in [0.1, 0.15) is 5.56 Å². The van der Waals surface area contributed by atoms with Gasteiger partial charge in [0.25, 0.3) is 0 Å². The van der Waals surface area contributed by atoms with E-state index in [0.29, 0.717) is 32.3 Å². The molecule has 0 N–H and O–H groups in total. The second-order valence-corrected chi connectivity index (χ2v) is 5.36. The molecule has 0 aliphatic rings. The smallest absolute Gasteiger partial charge is 0.196 e. The fourth-order valence-electron chi connectivity index (χ4n) is 2.18. The van der Waals surface area contributed by atoms with Crippen molar-refractivity contribution in [2.45, 2.75) is 6.92 Å². The van der Waals surface area contributed by atoms with Crippen molar-refractivity contribution in [3.8, 4) is 11.3 Å². The first-order chi connectivity index (χ1) is 9.58. The molecule has 4 heteroatoms. The minimum Gasteiger partial charge on any atom is -0.454 e. The van der Waals surface area contributed by atoms with Gasteiger partial charge in [-0.1, -0.05) is 53.5 Å². The van der Waals surface area contributed by atoms with Gasteiger partial charge in [0, 0.05) is 16.1 Å². The molecule has 0 atom stereocenters. The maximum absolute atomic E-state index is 12.4. The summed E-state index contributed by atoms with van der Waals surface area (Å²) in [5.41, 5.74) is 1.64. The lowest BCUT2D eigenvalue weighted by Gasteiger charge is -2.08. The van der Waals surface area contributed by atoms with Crippen LogP contribution in [0.5, 0.6) is 0 Å². The number of halogens is 2. The molecule has 100 valence electrons. The molecule has 0 saturated heterocycles. The van der Waals surface area contributed by atoms with Gasteiger partial charge in [0.1, 0.15) is 5.76 Å². The summed E-state index contributed by atoms with van der Waals surface area (Å²) in [5.74, 6) is 0.535. The SMILES string of the molecule is Cc1c(-c2ccccc2)oc2c(Cl)cc(Cl)cc2c1=O. The molecular weight excluding hydrogens is 295 g/mol. The average molecular weight is 305 g/mol. The minimum absolute atomic E-state index is 0.116. The van der Waals surface area contributed by atoms with Crippen LogP contribution >= 0.6 is 23.2 Å². The van der Waals surface area contributed by atoms with Gasteiger partial charge >= 0.3 is 0 Å². The molecule has 0 radical (unpaired) electrons. The van der Waals surface area contributed by atoms with Crippen LogP contribution in [-0.4, -0.2) is 0 Å². The van der Waals surface area contributed by atoms with Crippen molar-refractivity contribution in [1.29, 1.82) is 0 Å². The fourth-order valence-corrected chi connectivity index (χ4v) is 2.71. The summed E-state index contributed by atoms with van der Waals surface area (Å²) in [6.45, 7) is 1.74. The minimum atomic E-state index is -0.116. The summed E-state index contributed by atoms with van der Waals surface area (Å²) in [4.78, 5) is 12.4. The van der Waals surface area contributed by atoms with Crippen molar-refractivity contribution in [2.75, 3.05) is 0 Å². The van der Waals surface area contributed by atoms with E-state index in [9.17, 15) is 4.79 Å². The van der Waals surface area contributed by atoms with Crippen molar-refractivity contribution in [3.63, 3.8) is 0 Å². The van der Waals surface area contributed by atoms with Crippen LogP contribution < -0.4 is 5.43 Å². The second kappa shape index (κ2) is 4.97. The van der Waals surface area contributed by atoms with Gasteiger partial charge in [-0.15, -0.1) is 0 Å². The van der Waals surface area contributed by atoms with Crippen molar-refractivity contribution < 1.29 is 4.42 Å². The summed E-state index contributed by atoms with van der Waals surface area (Å²) < 4.78 is 5.85. The molecule has 0 aliphatic carbocycles. The monoisotopic (exact) mass is 304 g/mol. The van der Waals surface area contributed by atoms with Gasteiger partial charge in [-0.2, -0.15) is 0 Å². The Morgan fingerprint density at radius 2 is 1.75 bits per heavy atom. The lowest BCUT2D eigenvalue weighted by molar-refractivity contribution is 0.614. The molecule has 0 aliphatic heterocycles. The van der Waals surface area contributed by atoms with Gasteiger partial charge in [-0.3, -0.25) is 4.79 Å². The van der Waals surface area contributed by atoms with Crippen LogP contribution in [-0.2, 0) is 0 Å². The van der Waals surface area contributed by atoms with E-state index in [1.54, 1.807) is 19.1 Å². The van der Waals surface area contributed by atoms with Crippen molar-refractivity contribution in [2.24, 2.45) is 0 Å². The lowest BCUT2D eigenvalue weighted by atomic mass is 10.1. The van der Waals surface area contributed by atoms with Gasteiger partial charge in [0.05, 0.1) is 10.4 Å². The summed E-state index contributed by atoms with van der Waals surface area (Å²) in [7, 11) is 0. The Balaban J connectivity index is 2.42. The van der Waals surface area contributed by atoms with Gasteiger partial charge in [0.2, 0.25) is 0 Å². The Bertz CT molecular complexity index is 852. The van der Waals surface area contributed by atoms with Crippen molar-refractivity contribution >= 4 is 34.2 Å². The molecular formula is C16H10Cl2O2. The first kappa shape index (κ1) is 13.2. The van der Waals surface area contributed by atoms with E-state index in [1.807, 2.05) is 30.3 Å². The van der Waals surface area contributed by atoms with Crippen LogP contribution in [0.25, 0.3) is 22.3 Å². The average Bonchev–Trinajstić information content (AvgIpc) is 2.44. The van der Waals surface area contributed by atoms with Crippen LogP contribution in [0.3, 0.4) is 0 Å². The van der Waals surface area contributed by atoms with Crippen molar-refractivity contribution in [1.82, 2.24) is 0 Å². The van der Waals surface area contributed by atoms with E-state index in [-0.39, 0.29) is 5.43 Å². The Morgan fingerprint density at radius 3 is 2.45 bits per heavy atom. The maximum atomic E-state index is 12.4. The molecule has 2 aromatic carbocycles. The predicted octanol–water partition coefficient (Wildman–Crippen LogP) is 5.08. The van der Waals surface area contributed by atoms with Crippen LogP contribution in [0.15, 0.2) is 51.7 Å². The van der Waals surface area contributed by atoms with Crippen molar-refractivity contribution in [3.05, 3.63) is 68.3 Å². The number of hydrogen-bond acceptors (Lipinski definition) is 2. The highest BCUT2D eigenvalue weighted by atomic mass is 35.5. The second-order valence-electron chi connectivity index (χ2n) is 4.52. The van der Waals surface area contributed by atoms with Crippen LogP contribution in [0, 0.1) is 6.92 Å². The fraction of sp³-hybridized carbons (Fsp3) is 0.0625. The summed E-state index contributed by atoms with van der Waals surface area (Å²) in [6, 6.07) is 12.6. The molecule has 1 aromatic heterocycles. The highest BCUT2D eigenvalue weighted by Gasteiger charge is 2.15. The molecule has 0 spiro atoms. The van der Waals surface area contributed by atoms with E-state index in [4.69, 9.17) is 27.6 Å². The third-order valence-electron chi connectivity index (χ3n) is 3.17. The number of rotatable bonds is 1. The molecule has 0 unspecified atom stereocenters. The van der Waals surface area contributed by atoms with Crippen LogP contribution in [0.2, 0.25) is 10.0 Å². The standard InChI is InChI=1S/C16H10Cl2O2/c1-9-14(19)12-7-11(17)8-13(18)16(12)20-15(9)10-5-3-2-4-6-10/h2-8H,1H3. The lowest BCUT2D eigenvalue weighted by Crippen LogP contribution is -2.07. The van der Waals surface area contributed by atoms with E-state index in [0.717, 1.165) is 5.56 Å². The van der Waals surface area contributed by atoms with E-state index >= 15 is 0 Å². The quantitative estimate of drug-likeness (QED) is 0.628. The van der Waals surface area contributed by atoms with Crippen LogP contribution in [0.4, 0.5) is 0 Å². The first-order valence-corrected chi connectivity index (χ1v) is 6.81. The normalized spacial score (nSPS) is 10.9. The van der Waals surface area contributed by atoms with Gasteiger partial charge in [0.15, 0.2) is 11.0 Å². The zero-order valence-electron chi connectivity index (χ0n) is 10.6. The van der Waals surface area contributed by atoms with E-state index in [2.05, 4.69) is 0 Å². The molecule has 0 saturated carbocycles. The molecule has 2 nitrogen and oxygen atoms in total. The Kier molecular flexibility index (Phi) is 3.28. The predicted molar refractivity (Wildman–Crippen MR) is 82.7 cm³/mol. The highest BCUT2D eigenvalue weighted by molar-refractivity contribution is 6.38. The molecule has 3 rings (SSSR count). The molecule has 20 heavy (non-hydrogen) atoms. The number of benzene rings is 2. The molecule has 0 amide bonds. The van der Waals surface area contributed by atoms with Gasteiger partial charge in [-0.25, -0.2) is 0 Å². The van der Waals surface area contributed by atoms with E-state index in [1.165, 1.54) is 0 Å². The molecule has 3 aromatic rings. The topological polar surface area (TPSA) is 30.2 Å². The maximum Gasteiger partial charge on any atom is 0.196 e. The summed E-state index contributed by atoms with van der Waals surface area (Å²) in [5, 5.41) is 1.16. The highest BCUT2D eigenvalue weighted by Crippen LogP contribution is 2.31.